The second-order valence-electron chi connectivity index (χ2n) is 3.26. The van der Waals surface area contributed by atoms with Crippen LogP contribution in [0.15, 0.2) is 23.8 Å². The number of hydrogen-bond donors (Lipinski definition) is 0. The first-order valence-corrected chi connectivity index (χ1v) is 12.0. The van der Waals surface area contributed by atoms with E-state index in [1.54, 1.807) is 6.08 Å². The maximum absolute atomic E-state index is 10.6. The monoisotopic (exact) mass is 306 g/mol. The third-order valence-electron chi connectivity index (χ3n) is 1.76. The molecule has 0 aliphatic heterocycles. The molecule has 0 heterocycles. The van der Waals surface area contributed by atoms with Crippen LogP contribution in [0.4, 0.5) is 0 Å². The fourth-order valence-electron chi connectivity index (χ4n) is 1.17. The van der Waals surface area contributed by atoms with Gasteiger partial charge in [-0.15, -0.1) is 0 Å². The summed E-state index contributed by atoms with van der Waals surface area (Å²) in [5, 5.41) is 0. The van der Waals surface area contributed by atoms with E-state index in [2.05, 4.69) is 9.74 Å². The van der Waals surface area contributed by atoms with Crippen LogP contribution in [-0.2, 0) is 10.3 Å². The summed E-state index contributed by atoms with van der Waals surface area (Å²) >= 11 is -0.953. The summed E-state index contributed by atoms with van der Waals surface area (Å²) in [6, 6.07) is 0. The first-order valence-electron chi connectivity index (χ1n) is 4.06. The van der Waals surface area contributed by atoms with Crippen molar-refractivity contribution in [1.29, 1.82) is 0 Å². The molecular weight excluding hydrogens is 294 g/mol. The molecule has 0 radical (unpaired) electrons. The molecule has 1 aliphatic rings. The van der Waals surface area contributed by atoms with Gasteiger partial charge in [-0.3, -0.25) is 0 Å². The van der Waals surface area contributed by atoms with E-state index in [-0.39, 0.29) is 0 Å². The van der Waals surface area contributed by atoms with Gasteiger partial charge in [-0.2, -0.15) is 0 Å². The summed E-state index contributed by atoms with van der Waals surface area (Å²) < 4.78 is 22.4. The van der Waals surface area contributed by atoms with E-state index in [0.717, 1.165) is 0 Å². The van der Waals surface area contributed by atoms with Crippen molar-refractivity contribution in [2.45, 2.75) is 20.5 Å². The van der Waals surface area contributed by atoms with Crippen molar-refractivity contribution in [3.05, 3.63) is 23.8 Å². The van der Waals surface area contributed by atoms with Crippen LogP contribution < -0.4 is 0 Å². The number of allylic oxidation sites excluding steroid dienone is 4. The molecule has 1 aliphatic carbocycles. The van der Waals surface area contributed by atoms with E-state index < -0.39 is 30.5 Å². The average Bonchev–Trinajstić information content (AvgIpc) is 2.04. The van der Waals surface area contributed by atoms with Crippen molar-refractivity contribution < 1.29 is 8.42 Å². The second kappa shape index (κ2) is 5.02. The first kappa shape index (κ1) is 11.1. The normalized spacial score (nSPS) is 16.2. The topological polar surface area (TPSA) is 34.1 Å². The van der Waals surface area contributed by atoms with Gasteiger partial charge >= 0.3 is 88.1 Å². The van der Waals surface area contributed by atoms with Gasteiger partial charge in [-0.1, -0.05) is 0 Å². The van der Waals surface area contributed by atoms with E-state index in [1.807, 2.05) is 12.2 Å². The van der Waals surface area contributed by atoms with Crippen LogP contribution in [0.2, 0.25) is 14.1 Å². The third-order valence-corrected chi connectivity index (χ3v) is 5.34. The molecule has 0 amide bonds. The molecule has 0 bridgehead atoms. The van der Waals surface area contributed by atoms with Gasteiger partial charge < -0.3 is 0 Å². The number of rotatable bonds is 2. The van der Waals surface area contributed by atoms with Crippen LogP contribution in [0.25, 0.3) is 0 Å². The molecule has 0 saturated heterocycles. The fraction of sp³-hybridized carbons (Fsp3) is 0.444. The Hall–Kier alpha value is -0.0118. The van der Waals surface area contributed by atoms with Gasteiger partial charge in [0, 0.05) is 0 Å². The van der Waals surface area contributed by atoms with Crippen molar-refractivity contribution in [2.75, 3.05) is 0 Å². The molecular formula is C9H13O2SSb. The molecule has 2 nitrogen and oxygen atoms in total. The summed E-state index contributed by atoms with van der Waals surface area (Å²) in [5.74, 6) is 0. The third kappa shape index (κ3) is 3.70. The molecule has 0 N–H and O–H groups in total. The van der Waals surface area contributed by atoms with E-state index in [4.69, 9.17) is 0 Å². The molecule has 13 heavy (non-hydrogen) atoms. The summed E-state index contributed by atoms with van der Waals surface area (Å²) in [4.78, 5) is 5.17. The Morgan fingerprint density at radius 3 is 2.46 bits per heavy atom. The van der Waals surface area contributed by atoms with Crippen LogP contribution in [0, 0.1) is 0 Å². The van der Waals surface area contributed by atoms with Gasteiger partial charge in [0.05, 0.1) is 0 Å². The SMILES string of the molecule is [CH3][Sb]([CH3])[CH2]C1=CCC(=S(=O)=O)C=C1. The minimum absolute atomic E-state index is 0.500. The van der Waals surface area contributed by atoms with E-state index >= 15 is 0 Å². The zero-order valence-electron chi connectivity index (χ0n) is 7.82. The Kier molecular flexibility index (Phi) is 4.27. The summed E-state index contributed by atoms with van der Waals surface area (Å²) in [7, 11) is -2.03. The van der Waals surface area contributed by atoms with Crippen LogP contribution in [0.3, 0.4) is 0 Å². The van der Waals surface area contributed by atoms with E-state index in [9.17, 15) is 8.42 Å². The predicted octanol–water partition coefficient (Wildman–Crippen LogP) is 1.68. The fourth-order valence-corrected chi connectivity index (χ4v) is 4.33. The van der Waals surface area contributed by atoms with Gasteiger partial charge in [-0.05, 0) is 0 Å². The molecule has 0 saturated carbocycles. The number of hydrogen-bond acceptors (Lipinski definition) is 2. The first-order chi connectivity index (χ1) is 6.09. The van der Waals surface area contributed by atoms with Crippen molar-refractivity contribution in [1.82, 2.24) is 0 Å². The maximum atomic E-state index is 10.6. The molecule has 0 atom stereocenters. The van der Waals surface area contributed by atoms with Crippen molar-refractivity contribution in [3.63, 3.8) is 0 Å². The van der Waals surface area contributed by atoms with Gasteiger partial charge in [0.25, 0.3) is 0 Å². The standard InChI is InChI=1S/C7H7O2S.2CH3.Sb/c1-6-2-4-7(5-3-6)10(8)9;;;/h2-4H,1,5H2;2*1H3;. The van der Waals surface area contributed by atoms with Gasteiger partial charge in [0.2, 0.25) is 0 Å². The zero-order valence-corrected chi connectivity index (χ0v) is 11.2. The Labute approximate surface area is 87.8 Å². The molecule has 0 spiro atoms. The Bertz CT molecular complexity index is 366. The average molecular weight is 307 g/mol. The van der Waals surface area contributed by atoms with Gasteiger partial charge in [-0.25, -0.2) is 0 Å². The van der Waals surface area contributed by atoms with E-state index in [0.29, 0.717) is 11.3 Å². The van der Waals surface area contributed by atoms with Crippen LogP contribution in [0.1, 0.15) is 6.42 Å². The van der Waals surface area contributed by atoms with Gasteiger partial charge in [0.15, 0.2) is 0 Å². The quantitative estimate of drug-likeness (QED) is 0.574. The van der Waals surface area contributed by atoms with Crippen LogP contribution in [-0.4, -0.2) is 33.5 Å². The molecule has 0 unspecified atom stereocenters. The molecule has 0 aromatic heterocycles. The summed E-state index contributed by atoms with van der Waals surface area (Å²) in [6.07, 6.45) is 6.28. The Morgan fingerprint density at radius 1 is 1.38 bits per heavy atom. The molecule has 0 aromatic rings. The second-order valence-corrected chi connectivity index (χ2v) is 11.3. The van der Waals surface area contributed by atoms with Crippen LogP contribution in [0.5, 0.6) is 0 Å². The van der Waals surface area contributed by atoms with Crippen LogP contribution >= 0.6 is 0 Å². The van der Waals surface area contributed by atoms with Crippen molar-refractivity contribution in [2.24, 2.45) is 0 Å². The molecule has 4 heteroatoms. The molecule has 0 aromatic carbocycles. The minimum atomic E-state index is -2.03. The predicted molar refractivity (Wildman–Crippen MR) is 58.1 cm³/mol. The molecule has 0 fully saturated rings. The van der Waals surface area contributed by atoms with Gasteiger partial charge in [0.1, 0.15) is 0 Å². The van der Waals surface area contributed by atoms with Crippen molar-refractivity contribution >= 4 is 35.4 Å². The Morgan fingerprint density at radius 2 is 2.08 bits per heavy atom. The van der Waals surface area contributed by atoms with Crippen molar-refractivity contribution in [3.8, 4) is 0 Å². The summed E-state index contributed by atoms with van der Waals surface area (Å²) in [5.41, 5.74) is 1.32. The summed E-state index contributed by atoms with van der Waals surface area (Å²) in [6.45, 7) is 0. The molecule has 72 valence electrons. The molecule has 1 rings (SSSR count). The Balaban J connectivity index is 2.71. The van der Waals surface area contributed by atoms with E-state index in [1.165, 1.54) is 9.94 Å². The zero-order chi connectivity index (χ0) is 9.84.